The molecule has 7 heteroatoms. The second-order valence-corrected chi connectivity index (χ2v) is 5.16. The van der Waals surface area contributed by atoms with E-state index in [1.807, 2.05) is 12.1 Å². The van der Waals surface area contributed by atoms with Crippen molar-refractivity contribution >= 4 is 11.9 Å². The quantitative estimate of drug-likeness (QED) is 0.761. The molecule has 1 aromatic heterocycles. The molecule has 0 spiro atoms. The van der Waals surface area contributed by atoms with Gasteiger partial charge in [-0.15, -0.1) is 0 Å². The van der Waals surface area contributed by atoms with E-state index in [-0.39, 0.29) is 12.3 Å². The highest BCUT2D eigenvalue weighted by molar-refractivity contribution is 5.86. The molecule has 1 amide bonds. The van der Waals surface area contributed by atoms with Crippen molar-refractivity contribution in [2.24, 2.45) is 5.73 Å². The fraction of sp³-hybridized carbons (Fsp3) is 0.500. The van der Waals surface area contributed by atoms with Gasteiger partial charge in [0.2, 0.25) is 5.91 Å². The first kappa shape index (κ1) is 15.4. The van der Waals surface area contributed by atoms with E-state index in [0.717, 1.165) is 19.6 Å². The number of amides is 1. The number of nitrogens with zero attached hydrogens (tertiary/aromatic N) is 3. The van der Waals surface area contributed by atoms with Gasteiger partial charge >= 0.3 is 5.97 Å². The highest BCUT2D eigenvalue weighted by Crippen LogP contribution is 2.09. The Hall–Kier alpha value is -1.99. The van der Waals surface area contributed by atoms with Crippen molar-refractivity contribution in [2.75, 3.05) is 26.2 Å². The van der Waals surface area contributed by atoms with Crippen LogP contribution in [0.2, 0.25) is 0 Å². The molecule has 0 bridgehead atoms. The minimum Gasteiger partial charge on any atom is -0.481 e. The maximum absolute atomic E-state index is 12.0. The number of carboxylic acid groups (broad SMARTS) is 1. The molecule has 1 aromatic rings. The van der Waals surface area contributed by atoms with Crippen LogP contribution in [0.25, 0.3) is 0 Å². The van der Waals surface area contributed by atoms with E-state index < -0.39 is 12.0 Å². The second-order valence-electron chi connectivity index (χ2n) is 5.16. The Labute approximate surface area is 123 Å². The van der Waals surface area contributed by atoms with Crippen LogP contribution in [0.1, 0.15) is 12.0 Å². The molecule has 1 saturated heterocycles. The predicted octanol–water partition coefficient (Wildman–Crippen LogP) is -0.472. The first-order chi connectivity index (χ1) is 10.1. The minimum absolute atomic E-state index is 0.277. The van der Waals surface area contributed by atoms with Crippen LogP contribution in [0.3, 0.4) is 0 Å². The summed E-state index contributed by atoms with van der Waals surface area (Å²) in [7, 11) is 0. The van der Waals surface area contributed by atoms with E-state index in [2.05, 4.69) is 9.88 Å². The van der Waals surface area contributed by atoms with Gasteiger partial charge in [-0.1, -0.05) is 0 Å². The molecule has 0 aliphatic carbocycles. The number of carbonyl (C=O) groups excluding carboxylic acids is 1. The lowest BCUT2D eigenvalue weighted by Crippen LogP contribution is -2.53. The summed E-state index contributed by atoms with van der Waals surface area (Å²) < 4.78 is 0. The number of hydrogen-bond acceptors (Lipinski definition) is 5. The average Bonchev–Trinajstić information content (AvgIpc) is 2.47. The van der Waals surface area contributed by atoms with Gasteiger partial charge in [0.1, 0.15) is 0 Å². The molecular weight excluding hydrogens is 272 g/mol. The van der Waals surface area contributed by atoms with Crippen molar-refractivity contribution in [3.63, 3.8) is 0 Å². The zero-order chi connectivity index (χ0) is 15.2. The van der Waals surface area contributed by atoms with Crippen molar-refractivity contribution in [3.05, 3.63) is 30.1 Å². The van der Waals surface area contributed by atoms with Gasteiger partial charge in [0.25, 0.3) is 0 Å². The summed E-state index contributed by atoms with van der Waals surface area (Å²) in [5.41, 5.74) is 6.80. The Balaban J connectivity index is 1.80. The second kappa shape index (κ2) is 7.14. The van der Waals surface area contributed by atoms with E-state index in [9.17, 15) is 9.59 Å². The molecule has 2 rings (SSSR count). The largest absolute Gasteiger partial charge is 0.481 e. The predicted molar refractivity (Wildman–Crippen MR) is 76.3 cm³/mol. The number of pyridine rings is 1. The number of hydrogen-bond donors (Lipinski definition) is 2. The molecule has 0 saturated carbocycles. The van der Waals surface area contributed by atoms with Crippen molar-refractivity contribution in [2.45, 2.75) is 19.0 Å². The van der Waals surface area contributed by atoms with Gasteiger partial charge in [0, 0.05) is 45.1 Å². The first-order valence-electron chi connectivity index (χ1n) is 6.93. The summed E-state index contributed by atoms with van der Waals surface area (Å²) in [4.78, 5) is 30.5. The van der Waals surface area contributed by atoms with Crippen LogP contribution in [0.5, 0.6) is 0 Å². The third-order valence-electron chi connectivity index (χ3n) is 3.55. The standard InChI is InChI=1S/C14H20N4O3/c15-12(9-13(19)20)14(21)18-7-5-17(6-8-18)10-11-1-3-16-4-2-11/h1-4,12H,5-10,15H2,(H,19,20). The highest BCUT2D eigenvalue weighted by atomic mass is 16.4. The SMILES string of the molecule is NC(CC(=O)O)C(=O)N1CCN(Cc2ccncc2)CC1. The number of nitrogens with two attached hydrogens (primary N) is 1. The van der Waals surface area contributed by atoms with Gasteiger partial charge in [-0.3, -0.25) is 19.5 Å². The highest BCUT2D eigenvalue weighted by Gasteiger charge is 2.26. The van der Waals surface area contributed by atoms with Crippen LogP contribution in [-0.4, -0.2) is 64.0 Å². The number of piperazine rings is 1. The Morgan fingerprint density at radius 3 is 2.43 bits per heavy atom. The van der Waals surface area contributed by atoms with Gasteiger partial charge in [-0.25, -0.2) is 0 Å². The molecule has 21 heavy (non-hydrogen) atoms. The van der Waals surface area contributed by atoms with Gasteiger partial charge in [-0.2, -0.15) is 0 Å². The van der Waals surface area contributed by atoms with E-state index in [1.165, 1.54) is 5.56 Å². The summed E-state index contributed by atoms with van der Waals surface area (Å²) in [6.07, 6.45) is 3.20. The molecule has 1 fully saturated rings. The number of carbonyl (C=O) groups is 2. The maximum atomic E-state index is 12.0. The number of rotatable bonds is 5. The Kier molecular flexibility index (Phi) is 5.24. The molecule has 114 valence electrons. The lowest BCUT2D eigenvalue weighted by atomic mass is 10.1. The summed E-state index contributed by atoms with van der Waals surface area (Å²) in [5.74, 6) is -1.33. The maximum Gasteiger partial charge on any atom is 0.305 e. The molecular formula is C14H20N4O3. The van der Waals surface area contributed by atoms with Crippen LogP contribution in [-0.2, 0) is 16.1 Å². The van der Waals surface area contributed by atoms with Gasteiger partial charge in [0.05, 0.1) is 12.5 Å². The van der Waals surface area contributed by atoms with E-state index in [4.69, 9.17) is 10.8 Å². The number of aliphatic carboxylic acids is 1. The number of carboxylic acids is 1. The minimum atomic E-state index is -1.05. The third-order valence-corrected chi connectivity index (χ3v) is 3.55. The zero-order valence-corrected chi connectivity index (χ0v) is 11.8. The van der Waals surface area contributed by atoms with Crippen LogP contribution in [0.4, 0.5) is 0 Å². The first-order valence-corrected chi connectivity index (χ1v) is 6.93. The Morgan fingerprint density at radius 2 is 1.86 bits per heavy atom. The molecule has 0 radical (unpaired) electrons. The summed E-state index contributed by atoms with van der Waals surface area (Å²) in [5, 5.41) is 8.67. The van der Waals surface area contributed by atoms with Gasteiger partial charge < -0.3 is 15.7 Å². The number of aromatic nitrogens is 1. The van der Waals surface area contributed by atoms with Crippen molar-refractivity contribution in [1.29, 1.82) is 0 Å². The van der Waals surface area contributed by atoms with Crippen LogP contribution >= 0.6 is 0 Å². The van der Waals surface area contributed by atoms with Gasteiger partial charge in [0.15, 0.2) is 0 Å². The van der Waals surface area contributed by atoms with Crippen molar-refractivity contribution < 1.29 is 14.7 Å². The molecule has 1 atom stereocenters. The molecule has 3 N–H and O–H groups in total. The fourth-order valence-electron chi connectivity index (χ4n) is 2.38. The summed E-state index contributed by atoms with van der Waals surface area (Å²) in [6, 6.07) is 3.00. The Morgan fingerprint density at radius 1 is 1.24 bits per heavy atom. The third kappa shape index (κ3) is 4.51. The molecule has 1 aliphatic heterocycles. The van der Waals surface area contributed by atoms with Gasteiger partial charge in [-0.05, 0) is 17.7 Å². The fourth-order valence-corrected chi connectivity index (χ4v) is 2.38. The van der Waals surface area contributed by atoms with E-state index in [1.54, 1.807) is 17.3 Å². The average molecular weight is 292 g/mol. The lowest BCUT2D eigenvalue weighted by Gasteiger charge is -2.35. The molecule has 1 aliphatic rings. The molecule has 2 heterocycles. The lowest BCUT2D eigenvalue weighted by molar-refractivity contribution is -0.142. The van der Waals surface area contributed by atoms with Crippen LogP contribution in [0.15, 0.2) is 24.5 Å². The Bertz CT molecular complexity index is 486. The van der Waals surface area contributed by atoms with Crippen LogP contribution < -0.4 is 5.73 Å². The summed E-state index contributed by atoms with van der Waals surface area (Å²) >= 11 is 0. The molecule has 7 nitrogen and oxygen atoms in total. The zero-order valence-electron chi connectivity index (χ0n) is 11.8. The van der Waals surface area contributed by atoms with E-state index >= 15 is 0 Å². The summed E-state index contributed by atoms with van der Waals surface area (Å²) in [6.45, 7) is 3.50. The smallest absolute Gasteiger partial charge is 0.305 e. The van der Waals surface area contributed by atoms with Crippen molar-refractivity contribution in [1.82, 2.24) is 14.8 Å². The molecule has 0 aromatic carbocycles. The monoisotopic (exact) mass is 292 g/mol. The topological polar surface area (TPSA) is 99.8 Å². The van der Waals surface area contributed by atoms with E-state index in [0.29, 0.717) is 13.1 Å². The van der Waals surface area contributed by atoms with Crippen molar-refractivity contribution in [3.8, 4) is 0 Å². The normalized spacial score (nSPS) is 17.5. The van der Waals surface area contributed by atoms with Crippen LogP contribution in [0, 0.1) is 0 Å². The molecule has 1 unspecified atom stereocenters.